The van der Waals surface area contributed by atoms with E-state index >= 15 is 0 Å². The number of nitrogens with one attached hydrogen (secondary N) is 1. The molecule has 5 nitrogen and oxygen atoms in total. The molecule has 0 aliphatic rings. The first-order valence-corrected chi connectivity index (χ1v) is 8.21. The molecule has 8 heteroatoms. The second-order valence-electron chi connectivity index (χ2n) is 5.01. The summed E-state index contributed by atoms with van der Waals surface area (Å²) in [4.78, 5) is 16.4. The third-order valence-electron chi connectivity index (χ3n) is 3.36. The van der Waals surface area contributed by atoms with E-state index in [1.807, 2.05) is 6.92 Å². The maximum atomic E-state index is 13.7. The molecule has 0 saturated heterocycles. The summed E-state index contributed by atoms with van der Waals surface area (Å²) in [6, 6.07) is 6.67. The number of thiazole rings is 1. The van der Waals surface area contributed by atoms with E-state index < -0.39 is 17.5 Å². The maximum Gasteiger partial charge on any atom is 0.257 e. The van der Waals surface area contributed by atoms with Crippen LogP contribution in [0.15, 0.2) is 30.3 Å². The highest BCUT2D eigenvalue weighted by Gasteiger charge is 2.15. The number of hydrogen-bond donors (Lipinski definition) is 1. The van der Waals surface area contributed by atoms with E-state index in [0.717, 1.165) is 17.4 Å². The first kappa shape index (κ1) is 17.1. The number of carbonyl (C=O) groups excluding carboxylic acids is 1. The lowest BCUT2D eigenvalue weighted by Crippen LogP contribution is -2.12. The number of hydrogen-bond acceptors (Lipinski definition) is 5. The lowest BCUT2D eigenvalue weighted by Gasteiger charge is -2.10. The zero-order valence-electron chi connectivity index (χ0n) is 13.4. The summed E-state index contributed by atoms with van der Waals surface area (Å²) in [6.07, 6.45) is 0. The fraction of sp³-hybridized carbons (Fsp3) is 0.176. The third kappa shape index (κ3) is 3.53. The summed E-state index contributed by atoms with van der Waals surface area (Å²) in [5.74, 6) is -0.951. The van der Waals surface area contributed by atoms with Gasteiger partial charge in [0.2, 0.25) is 0 Å². The molecule has 1 amide bonds. The lowest BCUT2D eigenvalue weighted by molar-refractivity contribution is 0.102. The van der Waals surface area contributed by atoms with Crippen LogP contribution < -0.4 is 14.8 Å². The normalized spacial score (nSPS) is 10.7. The summed E-state index contributed by atoms with van der Waals surface area (Å²) in [7, 11) is 1.51. The van der Waals surface area contributed by atoms with Crippen LogP contribution in [0.25, 0.3) is 10.2 Å². The Hall–Kier alpha value is -2.74. The maximum absolute atomic E-state index is 13.7. The van der Waals surface area contributed by atoms with Crippen molar-refractivity contribution < 1.29 is 23.0 Å². The molecule has 0 aliphatic heterocycles. The van der Waals surface area contributed by atoms with Crippen molar-refractivity contribution in [3.05, 3.63) is 47.5 Å². The molecule has 1 aromatic heterocycles. The number of carbonyl (C=O) groups is 1. The number of halogens is 2. The van der Waals surface area contributed by atoms with Crippen molar-refractivity contribution in [2.75, 3.05) is 19.0 Å². The van der Waals surface area contributed by atoms with Crippen LogP contribution >= 0.6 is 11.3 Å². The minimum atomic E-state index is -0.769. The highest BCUT2D eigenvalue weighted by molar-refractivity contribution is 7.22. The van der Waals surface area contributed by atoms with Gasteiger partial charge in [-0.05, 0) is 31.2 Å². The number of amides is 1. The molecule has 1 heterocycles. The van der Waals surface area contributed by atoms with Crippen LogP contribution in [-0.4, -0.2) is 24.6 Å². The van der Waals surface area contributed by atoms with Gasteiger partial charge >= 0.3 is 0 Å². The number of aromatic nitrogens is 1. The summed E-state index contributed by atoms with van der Waals surface area (Å²) >= 11 is 0.992. The summed E-state index contributed by atoms with van der Waals surface area (Å²) in [6.45, 7) is 2.24. The van der Waals surface area contributed by atoms with Crippen LogP contribution in [0.5, 0.6) is 11.5 Å². The number of ether oxygens (including phenoxy) is 2. The van der Waals surface area contributed by atoms with Gasteiger partial charge in [0.15, 0.2) is 22.4 Å². The lowest BCUT2D eigenvalue weighted by atomic mass is 10.2. The summed E-state index contributed by atoms with van der Waals surface area (Å²) in [5.41, 5.74) is 0.349. The van der Waals surface area contributed by atoms with Crippen LogP contribution in [0, 0.1) is 11.6 Å². The van der Waals surface area contributed by atoms with Crippen molar-refractivity contribution >= 4 is 32.6 Å². The Morgan fingerprint density at radius 1 is 1.24 bits per heavy atom. The second kappa shape index (κ2) is 7.02. The number of nitrogens with zero attached hydrogens (tertiary/aromatic N) is 1. The molecular formula is C17H14F2N2O3S. The largest absolute Gasteiger partial charge is 0.493 e. The highest BCUT2D eigenvalue weighted by atomic mass is 32.1. The Morgan fingerprint density at radius 2 is 2.04 bits per heavy atom. The third-order valence-corrected chi connectivity index (χ3v) is 4.28. The Bertz CT molecular complexity index is 943. The van der Waals surface area contributed by atoms with E-state index in [4.69, 9.17) is 9.47 Å². The molecule has 130 valence electrons. The Labute approximate surface area is 146 Å². The molecule has 2 aromatic carbocycles. The van der Waals surface area contributed by atoms with Crippen molar-refractivity contribution in [2.24, 2.45) is 0 Å². The predicted molar refractivity (Wildman–Crippen MR) is 91.7 cm³/mol. The fourth-order valence-corrected chi connectivity index (χ4v) is 3.17. The summed E-state index contributed by atoms with van der Waals surface area (Å²) < 4.78 is 37.9. The highest BCUT2D eigenvalue weighted by Crippen LogP contribution is 2.31. The smallest absolute Gasteiger partial charge is 0.257 e. The molecule has 0 bridgehead atoms. The van der Waals surface area contributed by atoms with Gasteiger partial charge in [-0.15, -0.1) is 0 Å². The average Bonchev–Trinajstić information content (AvgIpc) is 2.97. The molecular weight excluding hydrogens is 350 g/mol. The fourth-order valence-electron chi connectivity index (χ4n) is 2.27. The van der Waals surface area contributed by atoms with E-state index in [1.165, 1.54) is 13.2 Å². The molecule has 0 unspecified atom stereocenters. The molecule has 0 atom stereocenters. The van der Waals surface area contributed by atoms with Crippen molar-refractivity contribution in [1.82, 2.24) is 4.98 Å². The molecule has 0 radical (unpaired) electrons. The van der Waals surface area contributed by atoms with Gasteiger partial charge < -0.3 is 9.47 Å². The average molecular weight is 364 g/mol. The minimum Gasteiger partial charge on any atom is -0.493 e. The van der Waals surface area contributed by atoms with E-state index in [-0.39, 0.29) is 10.6 Å². The number of anilines is 1. The number of rotatable bonds is 5. The van der Waals surface area contributed by atoms with Crippen LogP contribution in [0.4, 0.5) is 13.9 Å². The van der Waals surface area contributed by atoms with Crippen molar-refractivity contribution in [2.45, 2.75) is 6.92 Å². The topological polar surface area (TPSA) is 60.5 Å². The van der Waals surface area contributed by atoms with Gasteiger partial charge in [-0.2, -0.15) is 0 Å². The molecule has 0 fully saturated rings. The second-order valence-corrected chi connectivity index (χ2v) is 6.04. The van der Waals surface area contributed by atoms with Gasteiger partial charge in [-0.3, -0.25) is 10.1 Å². The number of methoxy groups -OCH3 is 1. The Kier molecular flexibility index (Phi) is 4.80. The number of fused-ring (bicyclic) bond motifs is 1. The molecule has 0 saturated carbocycles. The van der Waals surface area contributed by atoms with Gasteiger partial charge in [-0.25, -0.2) is 13.8 Å². The van der Waals surface area contributed by atoms with Crippen LogP contribution in [0.2, 0.25) is 0 Å². The molecule has 3 rings (SSSR count). The molecule has 0 aliphatic carbocycles. The van der Waals surface area contributed by atoms with E-state index in [0.29, 0.717) is 28.4 Å². The van der Waals surface area contributed by atoms with Gasteiger partial charge in [-0.1, -0.05) is 11.3 Å². The van der Waals surface area contributed by atoms with Gasteiger partial charge in [0.05, 0.1) is 18.4 Å². The van der Waals surface area contributed by atoms with Crippen LogP contribution in [-0.2, 0) is 0 Å². The van der Waals surface area contributed by atoms with Gasteiger partial charge in [0, 0.05) is 11.6 Å². The van der Waals surface area contributed by atoms with Crippen LogP contribution in [0.1, 0.15) is 17.3 Å². The standard InChI is InChI=1S/C17H14F2N2O3S/c1-3-24-13-6-9(4-5-12(13)23-2)16(22)21-17-20-15-11(19)7-10(18)8-14(15)25-17/h4-8H,3H2,1-2H3,(H,20,21,22). The molecule has 0 spiro atoms. The van der Waals surface area contributed by atoms with Crippen LogP contribution in [0.3, 0.4) is 0 Å². The number of benzene rings is 2. The van der Waals surface area contributed by atoms with Crippen molar-refractivity contribution in [3.8, 4) is 11.5 Å². The summed E-state index contributed by atoms with van der Waals surface area (Å²) in [5, 5.41) is 2.76. The predicted octanol–water partition coefficient (Wildman–Crippen LogP) is 4.23. The Morgan fingerprint density at radius 3 is 2.76 bits per heavy atom. The first-order chi connectivity index (χ1) is 12.0. The molecule has 3 aromatic rings. The van der Waals surface area contributed by atoms with E-state index in [9.17, 15) is 13.6 Å². The van der Waals surface area contributed by atoms with E-state index in [2.05, 4.69) is 10.3 Å². The molecule has 25 heavy (non-hydrogen) atoms. The van der Waals surface area contributed by atoms with E-state index in [1.54, 1.807) is 18.2 Å². The zero-order chi connectivity index (χ0) is 18.0. The monoisotopic (exact) mass is 364 g/mol. The SMILES string of the molecule is CCOc1cc(C(=O)Nc2nc3c(F)cc(F)cc3s2)ccc1OC. The van der Waals surface area contributed by atoms with Crippen molar-refractivity contribution in [1.29, 1.82) is 0 Å². The Balaban J connectivity index is 1.87. The van der Waals surface area contributed by atoms with Crippen molar-refractivity contribution in [3.63, 3.8) is 0 Å². The molecule has 1 N–H and O–H groups in total. The first-order valence-electron chi connectivity index (χ1n) is 7.39. The zero-order valence-corrected chi connectivity index (χ0v) is 14.2. The quantitative estimate of drug-likeness (QED) is 0.736. The van der Waals surface area contributed by atoms with Gasteiger partial charge in [0.25, 0.3) is 5.91 Å². The minimum absolute atomic E-state index is 0.0198. The van der Waals surface area contributed by atoms with Gasteiger partial charge in [0.1, 0.15) is 11.3 Å².